The fourth-order valence-electron chi connectivity index (χ4n) is 2.26. The van der Waals surface area contributed by atoms with Gasteiger partial charge in [-0.3, -0.25) is 14.3 Å². The summed E-state index contributed by atoms with van der Waals surface area (Å²) in [6.45, 7) is 2.55. The van der Waals surface area contributed by atoms with Crippen LogP contribution in [0.4, 0.5) is 0 Å². The van der Waals surface area contributed by atoms with Gasteiger partial charge in [0, 0.05) is 31.8 Å². The first-order valence-corrected chi connectivity index (χ1v) is 6.67. The molecule has 1 aliphatic heterocycles. The van der Waals surface area contributed by atoms with Crippen molar-refractivity contribution in [2.24, 2.45) is 13.0 Å². The number of nitrogens with zero attached hydrogens (tertiary/aromatic N) is 3. The molecule has 0 radical (unpaired) electrons. The number of aliphatic carboxylic acids is 1. The van der Waals surface area contributed by atoms with E-state index in [2.05, 4.69) is 5.10 Å². The maximum Gasteiger partial charge on any atom is 0.308 e. The molecule has 116 valence electrons. The molecule has 0 saturated carbocycles. The monoisotopic (exact) mass is 333 g/mol. The summed E-state index contributed by atoms with van der Waals surface area (Å²) in [5.41, 5.74) is 1.45. The molecule has 0 aliphatic carbocycles. The van der Waals surface area contributed by atoms with Crippen molar-refractivity contribution in [2.45, 2.75) is 13.3 Å². The van der Waals surface area contributed by atoms with Crippen molar-refractivity contribution in [3.63, 3.8) is 0 Å². The van der Waals surface area contributed by atoms with E-state index in [1.165, 1.54) is 15.7 Å². The SMILES string of the molecule is Cc1nn(C)c(Cl)c1/C=C/C(=O)N1CCC(C(=O)O)C1.Cl. The van der Waals surface area contributed by atoms with Crippen LogP contribution >= 0.6 is 24.0 Å². The Bertz CT molecular complexity index is 583. The van der Waals surface area contributed by atoms with Gasteiger partial charge in [-0.15, -0.1) is 12.4 Å². The highest BCUT2D eigenvalue weighted by Gasteiger charge is 2.29. The van der Waals surface area contributed by atoms with Crippen LogP contribution in [-0.4, -0.2) is 44.8 Å². The van der Waals surface area contributed by atoms with Crippen LogP contribution in [-0.2, 0) is 16.6 Å². The second-order valence-electron chi connectivity index (χ2n) is 4.85. The van der Waals surface area contributed by atoms with Gasteiger partial charge in [0.05, 0.1) is 11.6 Å². The lowest BCUT2D eigenvalue weighted by molar-refractivity contribution is -0.141. The Balaban J connectivity index is 0.00000220. The van der Waals surface area contributed by atoms with E-state index in [1.54, 1.807) is 13.1 Å². The fraction of sp³-hybridized carbons (Fsp3) is 0.462. The molecule has 1 aromatic rings. The van der Waals surface area contributed by atoms with Crippen molar-refractivity contribution in [3.8, 4) is 0 Å². The predicted molar refractivity (Wildman–Crippen MR) is 81.6 cm³/mol. The van der Waals surface area contributed by atoms with Gasteiger partial charge in [0.15, 0.2) is 0 Å². The van der Waals surface area contributed by atoms with Gasteiger partial charge in [0.2, 0.25) is 5.91 Å². The molecule has 1 fully saturated rings. The van der Waals surface area contributed by atoms with Crippen LogP contribution < -0.4 is 0 Å². The first-order chi connectivity index (χ1) is 9.40. The zero-order valence-corrected chi connectivity index (χ0v) is 13.3. The predicted octanol–water partition coefficient (Wildman–Crippen LogP) is 1.75. The molecule has 1 amide bonds. The molecular formula is C13H17Cl2N3O3. The second kappa shape index (κ2) is 6.95. The van der Waals surface area contributed by atoms with Gasteiger partial charge in [-0.05, 0) is 19.4 Å². The molecule has 2 heterocycles. The van der Waals surface area contributed by atoms with E-state index in [0.717, 1.165) is 5.69 Å². The van der Waals surface area contributed by atoms with Crippen molar-refractivity contribution < 1.29 is 14.7 Å². The highest BCUT2D eigenvalue weighted by atomic mass is 35.5. The first-order valence-electron chi connectivity index (χ1n) is 6.29. The molecule has 21 heavy (non-hydrogen) atoms. The number of likely N-dealkylation sites (tertiary alicyclic amines) is 1. The quantitative estimate of drug-likeness (QED) is 0.855. The molecule has 2 rings (SSSR count). The molecule has 6 nitrogen and oxygen atoms in total. The molecule has 0 aromatic carbocycles. The summed E-state index contributed by atoms with van der Waals surface area (Å²) < 4.78 is 1.54. The third-order valence-corrected chi connectivity index (χ3v) is 3.89. The molecule has 0 spiro atoms. The number of carbonyl (C=O) groups excluding carboxylic acids is 1. The topological polar surface area (TPSA) is 75.4 Å². The Morgan fingerprint density at radius 2 is 2.14 bits per heavy atom. The van der Waals surface area contributed by atoms with Gasteiger partial charge in [-0.1, -0.05) is 11.6 Å². The Labute approximate surface area is 133 Å². The minimum absolute atomic E-state index is 0. The standard InChI is InChI=1S/C13H16ClN3O3.ClH/c1-8-10(12(14)16(2)15-8)3-4-11(18)17-6-5-9(7-17)13(19)20;/h3-4,9H,5-7H2,1-2H3,(H,19,20);1H/b4-3+;. The van der Waals surface area contributed by atoms with Crippen molar-refractivity contribution in [1.29, 1.82) is 0 Å². The number of hydrogen-bond acceptors (Lipinski definition) is 3. The summed E-state index contributed by atoms with van der Waals surface area (Å²) in [7, 11) is 1.73. The highest BCUT2D eigenvalue weighted by molar-refractivity contribution is 6.31. The summed E-state index contributed by atoms with van der Waals surface area (Å²) in [6.07, 6.45) is 3.54. The number of halogens is 2. The second-order valence-corrected chi connectivity index (χ2v) is 5.21. The number of amides is 1. The van der Waals surface area contributed by atoms with E-state index in [-0.39, 0.29) is 24.9 Å². The van der Waals surface area contributed by atoms with Gasteiger partial charge in [0.1, 0.15) is 5.15 Å². The highest BCUT2D eigenvalue weighted by Crippen LogP contribution is 2.21. The summed E-state index contributed by atoms with van der Waals surface area (Å²) in [4.78, 5) is 24.4. The lowest BCUT2D eigenvalue weighted by atomic mass is 10.1. The maximum atomic E-state index is 12.0. The number of carbonyl (C=O) groups is 2. The molecule has 1 aliphatic rings. The van der Waals surface area contributed by atoms with E-state index < -0.39 is 11.9 Å². The Morgan fingerprint density at radius 3 is 2.62 bits per heavy atom. The smallest absolute Gasteiger partial charge is 0.308 e. The van der Waals surface area contributed by atoms with Crippen LogP contribution in [0.1, 0.15) is 17.7 Å². The van der Waals surface area contributed by atoms with Gasteiger partial charge >= 0.3 is 5.97 Å². The van der Waals surface area contributed by atoms with E-state index in [1.807, 2.05) is 6.92 Å². The van der Waals surface area contributed by atoms with Crippen molar-refractivity contribution in [2.75, 3.05) is 13.1 Å². The minimum Gasteiger partial charge on any atom is -0.481 e. The molecule has 1 N–H and O–H groups in total. The molecular weight excluding hydrogens is 317 g/mol. The number of aryl methyl sites for hydroxylation is 2. The average molecular weight is 334 g/mol. The number of carboxylic acid groups (broad SMARTS) is 1. The minimum atomic E-state index is -0.851. The van der Waals surface area contributed by atoms with Gasteiger partial charge in [-0.25, -0.2) is 0 Å². The average Bonchev–Trinajstić information content (AvgIpc) is 2.95. The van der Waals surface area contributed by atoms with E-state index in [0.29, 0.717) is 23.7 Å². The summed E-state index contributed by atoms with van der Waals surface area (Å²) >= 11 is 6.07. The third-order valence-electron chi connectivity index (χ3n) is 3.44. The summed E-state index contributed by atoms with van der Waals surface area (Å²) in [6, 6.07) is 0. The zero-order chi connectivity index (χ0) is 14.9. The van der Waals surface area contributed by atoms with Gasteiger partial charge in [0.25, 0.3) is 0 Å². The van der Waals surface area contributed by atoms with Gasteiger partial charge in [-0.2, -0.15) is 5.10 Å². The van der Waals surface area contributed by atoms with Gasteiger partial charge < -0.3 is 10.0 Å². The fourth-order valence-corrected chi connectivity index (χ4v) is 2.50. The Morgan fingerprint density at radius 1 is 1.48 bits per heavy atom. The number of carboxylic acids is 1. The van der Waals surface area contributed by atoms with E-state index in [9.17, 15) is 9.59 Å². The number of rotatable bonds is 3. The van der Waals surface area contributed by atoms with E-state index >= 15 is 0 Å². The summed E-state index contributed by atoms with van der Waals surface area (Å²) in [5, 5.41) is 13.5. The molecule has 1 aromatic heterocycles. The van der Waals surface area contributed by atoms with Crippen LogP contribution in [0.3, 0.4) is 0 Å². The number of hydrogen-bond donors (Lipinski definition) is 1. The first kappa shape index (κ1) is 17.5. The summed E-state index contributed by atoms with van der Waals surface area (Å²) in [5.74, 6) is -1.51. The maximum absolute atomic E-state index is 12.0. The zero-order valence-electron chi connectivity index (χ0n) is 11.7. The Hall–Kier alpha value is -1.53. The molecule has 0 bridgehead atoms. The largest absolute Gasteiger partial charge is 0.481 e. The van der Waals surface area contributed by atoms with Crippen LogP contribution in [0.15, 0.2) is 6.08 Å². The van der Waals surface area contributed by atoms with Crippen LogP contribution in [0.2, 0.25) is 5.15 Å². The molecule has 8 heteroatoms. The third kappa shape index (κ3) is 3.77. The van der Waals surface area contributed by atoms with Crippen molar-refractivity contribution in [1.82, 2.24) is 14.7 Å². The lowest BCUT2D eigenvalue weighted by Crippen LogP contribution is -2.28. The normalized spacial score (nSPS) is 18.0. The lowest BCUT2D eigenvalue weighted by Gasteiger charge is -2.12. The van der Waals surface area contributed by atoms with Crippen LogP contribution in [0.25, 0.3) is 6.08 Å². The number of aromatic nitrogens is 2. The van der Waals surface area contributed by atoms with Crippen molar-refractivity contribution >= 4 is 42.0 Å². The van der Waals surface area contributed by atoms with Crippen LogP contribution in [0.5, 0.6) is 0 Å². The van der Waals surface area contributed by atoms with Crippen LogP contribution in [0, 0.1) is 12.8 Å². The molecule has 1 atom stereocenters. The Kier molecular flexibility index (Phi) is 5.80. The van der Waals surface area contributed by atoms with Crippen molar-refractivity contribution in [3.05, 3.63) is 22.5 Å². The molecule has 1 unspecified atom stereocenters. The molecule has 1 saturated heterocycles. The van der Waals surface area contributed by atoms with E-state index in [4.69, 9.17) is 16.7 Å².